The van der Waals surface area contributed by atoms with Crippen LogP contribution in [0.3, 0.4) is 0 Å². The predicted octanol–water partition coefficient (Wildman–Crippen LogP) is 2.62. The Morgan fingerprint density at radius 2 is 1.79 bits per heavy atom. The molecule has 2 saturated heterocycles. The monoisotopic (exact) mass is 353 g/mol. The van der Waals surface area contributed by atoms with Gasteiger partial charge in [-0.05, 0) is 55.6 Å². The molecule has 2 heterocycles. The Morgan fingerprint density at radius 1 is 1.08 bits per heavy atom. The minimum atomic E-state index is 0. The van der Waals surface area contributed by atoms with Crippen LogP contribution in [0.25, 0.3) is 0 Å². The molecule has 1 atom stereocenters. The number of halogens is 1. The summed E-state index contributed by atoms with van der Waals surface area (Å²) in [7, 11) is 1.72. The second-order valence-corrected chi connectivity index (χ2v) is 7.49. The van der Waals surface area contributed by atoms with Gasteiger partial charge in [-0.1, -0.05) is 19.1 Å². The molecule has 0 aliphatic carbocycles. The van der Waals surface area contributed by atoms with Crippen LogP contribution < -0.4 is 10.1 Å². The first-order valence-corrected chi connectivity index (χ1v) is 8.95. The van der Waals surface area contributed by atoms with Crippen molar-refractivity contribution in [1.82, 2.24) is 15.1 Å². The van der Waals surface area contributed by atoms with Crippen LogP contribution >= 0.6 is 12.4 Å². The van der Waals surface area contributed by atoms with Gasteiger partial charge in [-0.25, -0.2) is 0 Å². The van der Waals surface area contributed by atoms with Gasteiger partial charge in [0.05, 0.1) is 7.11 Å². The maximum absolute atomic E-state index is 5.24. The van der Waals surface area contributed by atoms with Crippen LogP contribution in [0.2, 0.25) is 0 Å². The quantitative estimate of drug-likeness (QED) is 0.880. The van der Waals surface area contributed by atoms with E-state index in [2.05, 4.69) is 46.3 Å². The Kier molecular flexibility index (Phi) is 7.35. The van der Waals surface area contributed by atoms with Gasteiger partial charge in [0.15, 0.2) is 0 Å². The Morgan fingerprint density at radius 3 is 2.46 bits per heavy atom. The van der Waals surface area contributed by atoms with E-state index in [1.807, 2.05) is 0 Å². The number of hydrogen-bond acceptors (Lipinski definition) is 4. The van der Waals surface area contributed by atoms with Crippen molar-refractivity contribution in [2.24, 2.45) is 5.41 Å². The van der Waals surface area contributed by atoms with E-state index in [9.17, 15) is 0 Å². The summed E-state index contributed by atoms with van der Waals surface area (Å²) in [4.78, 5) is 5.28. The molecular formula is C19H32ClN3O. The Labute approximate surface area is 153 Å². The average molecular weight is 354 g/mol. The molecule has 1 N–H and O–H groups in total. The second-order valence-electron chi connectivity index (χ2n) is 7.49. The summed E-state index contributed by atoms with van der Waals surface area (Å²) in [5.74, 6) is 0.939. The average Bonchev–Trinajstić information content (AvgIpc) is 2.87. The molecular weight excluding hydrogens is 322 g/mol. The maximum atomic E-state index is 5.24. The lowest BCUT2D eigenvalue weighted by atomic mass is 9.89. The molecule has 0 aromatic heterocycles. The zero-order chi connectivity index (χ0) is 16.1. The predicted molar refractivity (Wildman–Crippen MR) is 102 cm³/mol. The number of benzene rings is 1. The molecule has 0 spiro atoms. The van der Waals surface area contributed by atoms with Gasteiger partial charge >= 0.3 is 0 Å². The van der Waals surface area contributed by atoms with Crippen LogP contribution in [0.15, 0.2) is 24.3 Å². The third-order valence-electron chi connectivity index (χ3n) is 5.31. The van der Waals surface area contributed by atoms with E-state index < -0.39 is 0 Å². The minimum Gasteiger partial charge on any atom is -0.497 e. The van der Waals surface area contributed by atoms with E-state index in [0.717, 1.165) is 12.3 Å². The summed E-state index contributed by atoms with van der Waals surface area (Å²) < 4.78 is 5.24. The van der Waals surface area contributed by atoms with Crippen molar-refractivity contribution in [3.63, 3.8) is 0 Å². The number of nitrogens with one attached hydrogen (secondary N) is 1. The zero-order valence-corrected chi connectivity index (χ0v) is 15.9. The van der Waals surface area contributed by atoms with Gasteiger partial charge in [-0.15, -0.1) is 12.4 Å². The van der Waals surface area contributed by atoms with Crippen LogP contribution in [0.5, 0.6) is 5.75 Å². The van der Waals surface area contributed by atoms with Gasteiger partial charge in [0.2, 0.25) is 0 Å². The molecule has 0 radical (unpaired) electrons. The molecule has 4 nitrogen and oxygen atoms in total. The third kappa shape index (κ3) is 5.35. The first-order valence-electron chi connectivity index (χ1n) is 8.95. The Bertz CT molecular complexity index is 488. The van der Waals surface area contributed by atoms with Crippen molar-refractivity contribution >= 4 is 12.4 Å². The fourth-order valence-electron chi connectivity index (χ4n) is 3.87. The van der Waals surface area contributed by atoms with Crippen molar-refractivity contribution in [1.29, 1.82) is 0 Å². The molecule has 5 heteroatoms. The summed E-state index contributed by atoms with van der Waals surface area (Å²) >= 11 is 0. The zero-order valence-electron chi connectivity index (χ0n) is 15.1. The van der Waals surface area contributed by atoms with Crippen LogP contribution in [0.4, 0.5) is 0 Å². The van der Waals surface area contributed by atoms with Crippen molar-refractivity contribution in [2.45, 2.75) is 26.3 Å². The first-order chi connectivity index (χ1) is 11.2. The van der Waals surface area contributed by atoms with Gasteiger partial charge in [-0.3, -0.25) is 4.90 Å². The normalized spacial score (nSPS) is 25.9. The Balaban J connectivity index is 0.00000208. The molecule has 24 heavy (non-hydrogen) atoms. The first kappa shape index (κ1) is 19.5. The summed E-state index contributed by atoms with van der Waals surface area (Å²) in [5.41, 5.74) is 1.86. The van der Waals surface area contributed by atoms with Gasteiger partial charge in [0.25, 0.3) is 0 Å². The van der Waals surface area contributed by atoms with Crippen molar-refractivity contribution in [3.05, 3.63) is 29.8 Å². The smallest absolute Gasteiger partial charge is 0.118 e. The molecule has 0 saturated carbocycles. The van der Waals surface area contributed by atoms with Gasteiger partial charge in [0.1, 0.15) is 5.75 Å². The highest BCUT2D eigenvalue weighted by molar-refractivity contribution is 5.85. The number of nitrogens with zero attached hydrogens (tertiary/aromatic N) is 2. The molecule has 2 aliphatic rings. The van der Waals surface area contributed by atoms with Gasteiger partial charge in [-0.2, -0.15) is 0 Å². The van der Waals surface area contributed by atoms with Crippen LogP contribution in [-0.4, -0.2) is 62.7 Å². The highest BCUT2D eigenvalue weighted by Gasteiger charge is 2.31. The third-order valence-corrected chi connectivity index (χ3v) is 5.31. The molecule has 2 fully saturated rings. The molecule has 1 unspecified atom stereocenters. The molecule has 1 aromatic rings. The lowest BCUT2D eigenvalue weighted by Crippen LogP contribution is -2.39. The van der Waals surface area contributed by atoms with E-state index in [1.54, 1.807) is 7.11 Å². The molecule has 0 bridgehead atoms. The largest absolute Gasteiger partial charge is 0.497 e. The molecule has 136 valence electrons. The lowest BCUT2D eigenvalue weighted by molar-refractivity contribution is 0.178. The van der Waals surface area contributed by atoms with Crippen molar-refractivity contribution < 1.29 is 4.74 Å². The second kappa shape index (κ2) is 9.04. The fourth-order valence-corrected chi connectivity index (χ4v) is 3.87. The fraction of sp³-hybridized carbons (Fsp3) is 0.684. The summed E-state index contributed by atoms with van der Waals surface area (Å²) in [6.07, 6.45) is 2.60. The van der Waals surface area contributed by atoms with Crippen LogP contribution in [-0.2, 0) is 6.54 Å². The van der Waals surface area contributed by atoms with E-state index >= 15 is 0 Å². The Hall–Kier alpha value is -0.810. The molecule has 1 aromatic carbocycles. The van der Waals surface area contributed by atoms with E-state index in [4.69, 9.17) is 4.74 Å². The lowest BCUT2D eigenvalue weighted by Gasteiger charge is -2.31. The highest BCUT2D eigenvalue weighted by Crippen LogP contribution is 2.26. The number of ether oxygens (including phenoxy) is 1. The van der Waals surface area contributed by atoms with Crippen molar-refractivity contribution in [2.75, 3.05) is 52.9 Å². The van der Waals surface area contributed by atoms with Gasteiger partial charge < -0.3 is 15.0 Å². The molecule has 3 rings (SSSR count). The van der Waals surface area contributed by atoms with E-state index in [1.165, 1.54) is 64.2 Å². The summed E-state index contributed by atoms with van der Waals surface area (Å²) in [5, 5.41) is 3.52. The van der Waals surface area contributed by atoms with Crippen molar-refractivity contribution in [3.8, 4) is 5.75 Å². The summed E-state index contributed by atoms with van der Waals surface area (Å²) in [6, 6.07) is 8.50. The number of methoxy groups -OCH3 is 1. The van der Waals surface area contributed by atoms with Crippen LogP contribution in [0.1, 0.15) is 25.3 Å². The minimum absolute atomic E-state index is 0. The number of rotatable bonds is 5. The highest BCUT2D eigenvalue weighted by atomic mass is 35.5. The SMILES string of the molecule is COc1ccc(CN2CCCN(CC3(C)CCNC3)CC2)cc1.Cl. The molecule has 0 amide bonds. The standard InChI is InChI=1S/C19H31N3O.ClH/c1-19(8-9-20-15-19)16-22-11-3-10-21(12-13-22)14-17-4-6-18(23-2)7-5-17;/h4-7,20H,3,8-16H2,1-2H3;1H. The molecule has 2 aliphatic heterocycles. The van der Waals surface area contributed by atoms with Gasteiger partial charge in [0, 0.05) is 32.7 Å². The van der Waals surface area contributed by atoms with Crippen LogP contribution in [0, 0.1) is 5.41 Å². The summed E-state index contributed by atoms with van der Waals surface area (Å²) in [6.45, 7) is 11.9. The number of hydrogen-bond donors (Lipinski definition) is 1. The topological polar surface area (TPSA) is 27.7 Å². The van der Waals surface area contributed by atoms with E-state index in [0.29, 0.717) is 5.41 Å². The van der Waals surface area contributed by atoms with E-state index in [-0.39, 0.29) is 12.4 Å². The maximum Gasteiger partial charge on any atom is 0.118 e.